The van der Waals surface area contributed by atoms with Crippen molar-refractivity contribution < 1.29 is 0 Å². The van der Waals surface area contributed by atoms with E-state index >= 15 is 0 Å². The van der Waals surface area contributed by atoms with Crippen molar-refractivity contribution in [3.8, 4) is 119 Å². The van der Waals surface area contributed by atoms with Gasteiger partial charge in [0.25, 0.3) is 0 Å². The zero-order valence-corrected chi connectivity index (χ0v) is 79.2. The summed E-state index contributed by atoms with van der Waals surface area (Å²) in [4.78, 5) is 47.3. The summed E-state index contributed by atoms with van der Waals surface area (Å²) in [5, 5.41) is 6.20. The standard InChI is InChI=1S/C47H33N5.C42H38N4.C41H27N5/c1-4-14-32(15-5-1)45-48-46(33-16-6-2-7-17-33)50-47(49-45)37-20-12-18-34(28-37)35-19-13-23-39(29-35)52-42-25-11-10-24-40(42)41-30-36-26-27-51(43(36)31-44(41)52)38-21-8-3-9-22-38;1-2-32(21-14-24-41-43-37(30-15-6-3-7-16-30)29-38(44-41)31-17-8-4-9-18-31)45-28-27-36-39(45)26-25-35-34-22-12-13-23-40(34)46(42(35)36)33-19-10-5-11-20-33;1-4-13-28(14-5-1)39-42-40(29-15-6-2-7-16-29)44-41(43-39)31-17-12-20-33(25-31)46-36-22-11-10-21-34(36)35-26-30-23-24-45(37(30)27-38(35)46)32-18-8-3-9-19-32/h1-25,28-31H,26-27H2;2-24,29,35-36,39,42H,1,25-28H2;1-27H/b;24-14+,32-21+;. The minimum absolute atomic E-state index is 0.468. The summed E-state index contributed by atoms with van der Waals surface area (Å²) in [6.07, 6.45) is 15.1. The van der Waals surface area contributed by atoms with Crippen molar-refractivity contribution in [2.24, 2.45) is 5.92 Å². The van der Waals surface area contributed by atoms with Crippen LogP contribution in [-0.4, -0.2) is 83.6 Å². The van der Waals surface area contributed by atoms with Crippen LogP contribution in [0.5, 0.6) is 0 Å². The molecule has 1 aliphatic carbocycles. The molecule has 14 heteroatoms. The van der Waals surface area contributed by atoms with Crippen LogP contribution < -0.4 is 9.80 Å². The fourth-order valence-corrected chi connectivity index (χ4v) is 22.2. The number of aromatic nitrogens is 11. The Balaban J connectivity index is 0.000000113. The van der Waals surface area contributed by atoms with E-state index in [2.05, 4.69) is 351 Å². The molecule has 144 heavy (non-hydrogen) atoms. The molecule has 688 valence electrons. The van der Waals surface area contributed by atoms with Crippen LogP contribution in [0.2, 0.25) is 0 Å². The summed E-state index contributed by atoms with van der Waals surface area (Å²) in [6.45, 7) is 6.28. The number of nitrogens with zero attached hydrogens (tertiary/aromatic N) is 14. The lowest BCUT2D eigenvalue weighted by atomic mass is 9.73. The predicted octanol–water partition coefficient (Wildman–Crippen LogP) is 30.9. The average molecular weight is 1860 g/mol. The van der Waals surface area contributed by atoms with Gasteiger partial charge in [0, 0.05) is 160 Å². The maximum absolute atomic E-state index is 4.99. The lowest BCUT2D eigenvalue weighted by Crippen LogP contribution is -2.47. The summed E-state index contributed by atoms with van der Waals surface area (Å²) < 4.78 is 7.03. The van der Waals surface area contributed by atoms with Crippen LogP contribution >= 0.6 is 0 Å². The molecule has 17 aromatic carbocycles. The third-order valence-corrected chi connectivity index (χ3v) is 28.8. The molecule has 6 aromatic heterocycles. The van der Waals surface area contributed by atoms with Gasteiger partial charge >= 0.3 is 0 Å². The van der Waals surface area contributed by atoms with E-state index in [-0.39, 0.29) is 0 Å². The van der Waals surface area contributed by atoms with Gasteiger partial charge in [0.1, 0.15) is 0 Å². The Bertz CT molecular complexity index is 8580. The van der Waals surface area contributed by atoms with Crippen LogP contribution in [0.25, 0.3) is 180 Å². The van der Waals surface area contributed by atoms with Crippen molar-refractivity contribution in [1.82, 2.24) is 58.5 Å². The number of rotatable bonds is 18. The number of hydrogen-bond acceptors (Lipinski definition) is 11. The second kappa shape index (κ2) is 38.4. The second-order valence-electron chi connectivity index (χ2n) is 37.2. The molecule has 4 atom stereocenters. The topological polar surface area (TPSA) is 128 Å². The Hall–Kier alpha value is -18.4. The highest BCUT2D eigenvalue weighted by Crippen LogP contribution is 2.56. The molecular formula is C130H98N14. The van der Waals surface area contributed by atoms with Gasteiger partial charge in [0.05, 0.1) is 39.0 Å². The van der Waals surface area contributed by atoms with E-state index in [0.29, 0.717) is 64.7 Å². The number of anilines is 4. The highest BCUT2D eigenvalue weighted by molar-refractivity contribution is 6.14. The molecule has 27 rings (SSSR count). The molecule has 14 nitrogen and oxygen atoms in total. The molecule has 4 aliphatic rings. The normalized spacial score (nSPS) is 15.2. The highest BCUT2D eigenvalue weighted by atomic mass is 15.3. The van der Waals surface area contributed by atoms with Crippen LogP contribution in [0.1, 0.15) is 42.1 Å². The molecule has 23 aromatic rings. The number of fused-ring (bicyclic) bond motifs is 13. The van der Waals surface area contributed by atoms with E-state index in [1.165, 1.54) is 96.8 Å². The summed E-state index contributed by atoms with van der Waals surface area (Å²) in [5.74, 6) is 5.73. The minimum Gasteiger partial charge on any atom is -0.368 e. The Kier molecular flexibility index (Phi) is 23.2. The van der Waals surface area contributed by atoms with Gasteiger partial charge in [-0.05, 0) is 187 Å². The number of hydrogen-bond donors (Lipinski definition) is 0. The average Bonchev–Trinajstić information content (AvgIpc) is 1.58. The van der Waals surface area contributed by atoms with Gasteiger partial charge in [-0.3, -0.25) is 0 Å². The minimum atomic E-state index is 0.468. The van der Waals surface area contributed by atoms with Crippen molar-refractivity contribution >= 4 is 83.3 Å². The van der Waals surface area contributed by atoms with Gasteiger partial charge in [-0.15, -0.1) is 0 Å². The molecule has 4 unspecified atom stereocenters. The van der Waals surface area contributed by atoms with Crippen molar-refractivity contribution in [2.45, 2.75) is 43.7 Å². The van der Waals surface area contributed by atoms with Crippen molar-refractivity contribution in [3.63, 3.8) is 0 Å². The van der Waals surface area contributed by atoms with E-state index in [0.717, 1.165) is 120 Å². The molecule has 3 aliphatic heterocycles. The molecule has 0 bridgehead atoms. The zero-order valence-electron chi connectivity index (χ0n) is 79.2. The number of benzene rings is 17. The van der Waals surface area contributed by atoms with Crippen LogP contribution in [-0.2, 0) is 6.42 Å². The molecule has 0 radical (unpaired) electrons. The summed E-state index contributed by atoms with van der Waals surface area (Å²) in [7, 11) is 0. The van der Waals surface area contributed by atoms with Gasteiger partial charge in [0.15, 0.2) is 40.8 Å². The smallest absolute Gasteiger partial charge is 0.164 e. The van der Waals surface area contributed by atoms with Crippen molar-refractivity contribution in [2.75, 3.05) is 22.9 Å². The van der Waals surface area contributed by atoms with Crippen LogP contribution in [0.4, 0.5) is 22.7 Å². The quantitative estimate of drug-likeness (QED) is 0.0762. The molecule has 1 saturated heterocycles. The number of para-hydroxylation sites is 6. The first-order valence-corrected chi connectivity index (χ1v) is 49.6. The van der Waals surface area contributed by atoms with E-state index < -0.39 is 0 Å². The number of likely N-dealkylation sites (tertiary alicyclic amines) is 1. The Labute approximate surface area is 836 Å². The molecular weight excluding hydrogens is 1760 g/mol. The van der Waals surface area contributed by atoms with E-state index in [4.69, 9.17) is 39.9 Å². The fraction of sp³-hybridized carbons (Fsp3) is 0.0769. The lowest BCUT2D eigenvalue weighted by molar-refractivity contribution is 0.192. The Morgan fingerprint density at radius 2 is 0.722 bits per heavy atom. The maximum atomic E-state index is 4.99. The van der Waals surface area contributed by atoms with Gasteiger partial charge < -0.3 is 28.4 Å². The van der Waals surface area contributed by atoms with Gasteiger partial charge in [0.2, 0.25) is 0 Å². The van der Waals surface area contributed by atoms with Crippen LogP contribution in [0.15, 0.2) is 492 Å². The second-order valence-corrected chi connectivity index (χ2v) is 37.2. The van der Waals surface area contributed by atoms with E-state index in [1.54, 1.807) is 0 Å². The Morgan fingerprint density at radius 1 is 0.299 bits per heavy atom. The molecule has 2 fully saturated rings. The summed E-state index contributed by atoms with van der Waals surface area (Å²) in [5.41, 5.74) is 30.4. The highest BCUT2D eigenvalue weighted by Gasteiger charge is 2.52. The molecule has 0 N–H and O–H groups in total. The predicted molar refractivity (Wildman–Crippen MR) is 590 cm³/mol. The van der Waals surface area contributed by atoms with Crippen LogP contribution in [0, 0.1) is 5.92 Å². The third-order valence-electron chi connectivity index (χ3n) is 28.8. The summed E-state index contributed by atoms with van der Waals surface area (Å²) >= 11 is 0. The van der Waals surface area contributed by atoms with E-state index in [9.17, 15) is 0 Å². The monoisotopic (exact) mass is 1850 g/mol. The molecule has 9 heterocycles. The maximum Gasteiger partial charge on any atom is 0.164 e. The molecule has 0 amide bonds. The molecule has 1 saturated carbocycles. The third kappa shape index (κ3) is 16.8. The van der Waals surface area contributed by atoms with Crippen LogP contribution in [0.3, 0.4) is 0 Å². The number of allylic oxidation sites excluding steroid dienone is 3. The molecule has 0 spiro atoms. The SMILES string of the molecule is C=C/C(=C\C=C\c1nc(-c2ccccc2)cc(-c2ccccc2)n1)N1CCC2C1CCC1c3ccccc3N(c3ccccc3)C12.c1ccc(-c2nc(-c3ccccc3)nc(-c3cccc(-c4cccc(-n5c6ccccc6c6cc7c(cc65)N(c5ccccc5)CC7)c4)c3)n2)cc1.c1ccc(-c2nc(-c3ccccc3)nc(-c3cccc(-n4c5ccccc5c5cc6ccn(-c7ccccc7)c6cc54)c3)n2)cc1. The lowest BCUT2D eigenvalue weighted by Gasteiger charge is -2.43. The van der Waals surface area contributed by atoms with E-state index in [1.807, 2.05) is 170 Å². The Morgan fingerprint density at radius 3 is 1.26 bits per heavy atom. The van der Waals surface area contributed by atoms with Gasteiger partial charge in [-0.25, -0.2) is 39.9 Å². The fourth-order valence-electron chi connectivity index (χ4n) is 22.2. The first-order chi connectivity index (χ1) is 71.3. The van der Waals surface area contributed by atoms with Gasteiger partial charge in [-0.2, -0.15) is 0 Å². The first kappa shape index (κ1) is 87.1. The van der Waals surface area contributed by atoms with Gasteiger partial charge in [-0.1, -0.05) is 346 Å². The van der Waals surface area contributed by atoms with Crippen molar-refractivity contribution in [3.05, 3.63) is 509 Å². The zero-order chi connectivity index (χ0) is 95.8. The summed E-state index contributed by atoms with van der Waals surface area (Å²) in [6, 6.07) is 160. The largest absolute Gasteiger partial charge is 0.368 e. The van der Waals surface area contributed by atoms with Crippen molar-refractivity contribution in [1.29, 1.82) is 0 Å². The first-order valence-electron chi connectivity index (χ1n) is 49.6.